The summed E-state index contributed by atoms with van der Waals surface area (Å²) in [5.74, 6) is 0.0645. The highest BCUT2D eigenvalue weighted by Gasteiger charge is 2.18. The minimum absolute atomic E-state index is 0.0645. The first-order chi connectivity index (χ1) is 8.79. The lowest BCUT2D eigenvalue weighted by molar-refractivity contribution is -0.159. The summed E-state index contributed by atoms with van der Waals surface area (Å²) in [5, 5.41) is 1.87. The van der Waals surface area contributed by atoms with E-state index in [2.05, 4.69) is 0 Å². The maximum Gasteiger partial charge on any atom is 0.246 e. The summed E-state index contributed by atoms with van der Waals surface area (Å²) in [6.45, 7) is 2.96. The van der Waals surface area contributed by atoms with Crippen molar-refractivity contribution in [2.45, 2.75) is 0 Å². The van der Waals surface area contributed by atoms with Gasteiger partial charge in [-0.05, 0) is 11.6 Å². The van der Waals surface area contributed by atoms with Crippen molar-refractivity contribution in [3.05, 3.63) is 42.0 Å². The van der Waals surface area contributed by atoms with E-state index in [1.807, 2.05) is 46.4 Å². The lowest BCUT2D eigenvalue weighted by Crippen LogP contribution is -2.47. The van der Waals surface area contributed by atoms with Gasteiger partial charge in [-0.15, -0.1) is 0 Å². The van der Waals surface area contributed by atoms with Crippen molar-refractivity contribution in [2.24, 2.45) is 0 Å². The molecule has 4 heteroatoms. The number of hydrogen-bond donors (Lipinski definition) is 0. The monoisotopic (exact) mass is 246 g/mol. The van der Waals surface area contributed by atoms with Crippen LogP contribution in [0.1, 0.15) is 5.56 Å². The van der Waals surface area contributed by atoms with Gasteiger partial charge >= 0.3 is 0 Å². The summed E-state index contributed by atoms with van der Waals surface area (Å²) in [6, 6.07) is 9.84. The third-order valence-corrected chi connectivity index (χ3v) is 3.03. The number of carbonyl (C=O) groups excluding carboxylic acids is 1. The molecule has 0 aliphatic carbocycles. The number of carbonyl (C=O) groups is 1. The predicted octanol–water partition coefficient (Wildman–Crippen LogP) is 1.41. The Morgan fingerprint density at radius 3 is 2.44 bits per heavy atom. The molecule has 0 N–H and O–H groups in total. The number of benzene rings is 1. The van der Waals surface area contributed by atoms with Gasteiger partial charge in [-0.3, -0.25) is 4.79 Å². The van der Waals surface area contributed by atoms with Gasteiger partial charge in [0.05, 0.1) is 7.11 Å². The van der Waals surface area contributed by atoms with Gasteiger partial charge in [0, 0.05) is 32.3 Å². The normalized spacial score (nSPS) is 17.3. The van der Waals surface area contributed by atoms with Crippen LogP contribution in [-0.2, 0) is 9.63 Å². The highest BCUT2D eigenvalue weighted by atomic mass is 16.7. The molecule has 18 heavy (non-hydrogen) atoms. The van der Waals surface area contributed by atoms with Crippen molar-refractivity contribution in [3.8, 4) is 0 Å². The average Bonchev–Trinajstić information content (AvgIpc) is 2.46. The van der Waals surface area contributed by atoms with Gasteiger partial charge in [-0.25, -0.2) is 0 Å². The van der Waals surface area contributed by atoms with Crippen LogP contribution >= 0.6 is 0 Å². The van der Waals surface area contributed by atoms with Crippen LogP contribution in [0.25, 0.3) is 6.08 Å². The number of piperazine rings is 1. The molecule has 1 heterocycles. The molecule has 0 unspecified atom stereocenters. The molecule has 1 amide bonds. The Bertz CT molecular complexity index is 409. The van der Waals surface area contributed by atoms with Gasteiger partial charge < -0.3 is 9.74 Å². The maximum absolute atomic E-state index is 11.9. The van der Waals surface area contributed by atoms with Crippen molar-refractivity contribution in [3.63, 3.8) is 0 Å². The Labute approximate surface area is 107 Å². The number of rotatable bonds is 3. The molecule has 0 bridgehead atoms. The summed E-state index contributed by atoms with van der Waals surface area (Å²) in [4.78, 5) is 18.9. The van der Waals surface area contributed by atoms with Crippen LogP contribution in [0.15, 0.2) is 36.4 Å². The zero-order valence-electron chi connectivity index (χ0n) is 10.6. The SMILES string of the molecule is CON1CCN(C(=O)C=Cc2ccccc2)CC1. The second kappa shape index (κ2) is 6.33. The van der Waals surface area contributed by atoms with Crippen LogP contribution in [0, 0.1) is 0 Å². The highest BCUT2D eigenvalue weighted by Crippen LogP contribution is 2.05. The third kappa shape index (κ3) is 3.42. The van der Waals surface area contributed by atoms with E-state index in [-0.39, 0.29) is 5.91 Å². The molecule has 0 saturated carbocycles. The van der Waals surface area contributed by atoms with Crippen molar-refractivity contribution >= 4 is 12.0 Å². The number of hydrogen-bond acceptors (Lipinski definition) is 3. The van der Waals surface area contributed by atoms with E-state index in [4.69, 9.17) is 4.84 Å². The second-order valence-corrected chi connectivity index (χ2v) is 4.18. The molecule has 2 rings (SSSR count). The molecular weight excluding hydrogens is 228 g/mol. The Morgan fingerprint density at radius 2 is 1.83 bits per heavy atom. The summed E-state index contributed by atoms with van der Waals surface area (Å²) in [6.07, 6.45) is 3.49. The molecule has 0 radical (unpaired) electrons. The largest absolute Gasteiger partial charge is 0.336 e. The van der Waals surface area contributed by atoms with Crippen molar-refractivity contribution < 1.29 is 9.63 Å². The van der Waals surface area contributed by atoms with E-state index >= 15 is 0 Å². The average molecular weight is 246 g/mol. The number of nitrogens with zero attached hydrogens (tertiary/aromatic N) is 2. The van der Waals surface area contributed by atoms with Gasteiger partial charge in [0.1, 0.15) is 0 Å². The molecule has 1 fully saturated rings. The van der Waals surface area contributed by atoms with Gasteiger partial charge in [0.15, 0.2) is 0 Å². The van der Waals surface area contributed by atoms with Gasteiger partial charge in [-0.2, -0.15) is 5.06 Å². The predicted molar refractivity (Wildman–Crippen MR) is 70.6 cm³/mol. The molecule has 0 atom stereocenters. The lowest BCUT2D eigenvalue weighted by Gasteiger charge is -2.32. The summed E-state index contributed by atoms with van der Waals surface area (Å²) >= 11 is 0. The van der Waals surface area contributed by atoms with Gasteiger partial charge in [0.2, 0.25) is 5.91 Å². The van der Waals surface area contributed by atoms with Gasteiger partial charge in [0.25, 0.3) is 0 Å². The molecule has 96 valence electrons. The number of hydroxylamine groups is 2. The molecule has 1 saturated heterocycles. The molecule has 4 nitrogen and oxygen atoms in total. The molecule has 0 spiro atoms. The van der Waals surface area contributed by atoms with E-state index < -0.39 is 0 Å². The first kappa shape index (κ1) is 12.8. The second-order valence-electron chi connectivity index (χ2n) is 4.18. The van der Waals surface area contributed by atoms with Crippen molar-refractivity contribution in [2.75, 3.05) is 33.3 Å². The molecule has 1 aliphatic rings. The van der Waals surface area contributed by atoms with E-state index in [1.165, 1.54) is 0 Å². The first-order valence-corrected chi connectivity index (χ1v) is 6.10. The van der Waals surface area contributed by atoms with E-state index in [1.54, 1.807) is 13.2 Å². The highest BCUT2D eigenvalue weighted by molar-refractivity contribution is 5.91. The topological polar surface area (TPSA) is 32.8 Å². The smallest absolute Gasteiger partial charge is 0.246 e. The summed E-state index contributed by atoms with van der Waals surface area (Å²) in [5.41, 5.74) is 1.04. The fourth-order valence-corrected chi connectivity index (χ4v) is 1.93. The maximum atomic E-state index is 11.9. The zero-order valence-corrected chi connectivity index (χ0v) is 10.6. The Hall–Kier alpha value is -1.65. The standard InChI is InChI=1S/C14H18N2O2/c1-18-16-11-9-15(10-12-16)14(17)8-7-13-5-3-2-4-6-13/h2-8H,9-12H2,1H3. The molecule has 1 aromatic rings. The Morgan fingerprint density at radius 1 is 1.17 bits per heavy atom. The van der Waals surface area contributed by atoms with Crippen LogP contribution in [0.2, 0.25) is 0 Å². The molecule has 1 aliphatic heterocycles. The molecule has 0 aromatic heterocycles. The van der Waals surface area contributed by atoms with Crippen LogP contribution < -0.4 is 0 Å². The van der Waals surface area contributed by atoms with E-state index in [0.717, 1.165) is 18.7 Å². The molecular formula is C14H18N2O2. The minimum Gasteiger partial charge on any atom is -0.336 e. The van der Waals surface area contributed by atoms with Crippen LogP contribution in [0.3, 0.4) is 0 Å². The van der Waals surface area contributed by atoms with E-state index in [0.29, 0.717) is 13.1 Å². The van der Waals surface area contributed by atoms with Crippen molar-refractivity contribution in [1.82, 2.24) is 9.96 Å². The fourth-order valence-electron chi connectivity index (χ4n) is 1.93. The third-order valence-electron chi connectivity index (χ3n) is 3.03. The Balaban J connectivity index is 1.87. The van der Waals surface area contributed by atoms with Crippen LogP contribution in [-0.4, -0.2) is 49.2 Å². The first-order valence-electron chi connectivity index (χ1n) is 6.10. The van der Waals surface area contributed by atoms with Crippen LogP contribution in [0.4, 0.5) is 0 Å². The minimum atomic E-state index is 0.0645. The fraction of sp³-hybridized carbons (Fsp3) is 0.357. The van der Waals surface area contributed by atoms with Crippen LogP contribution in [0.5, 0.6) is 0 Å². The zero-order chi connectivity index (χ0) is 12.8. The summed E-state index contributed by atoms with van der Waals surface area (Å²) < 4.78 is 0. The lowest BCUT2D eigenvalue weighted by atomic mass is 10.2. The van der Waals surface area contributed by atoms with Gasteiger partial charge in [-0.1, -0.05) is 30.3 Å². The summed E-state index contributed by atoms with van der Waals surface area (Å²) in [7, 11) is 1.66. The quantitative estimate of drug-likeness (QED) is 0.756. The molecule has 1 aromatic carbocycles. The Kier molecular flexibility index (Phi) is 4.50. The number of amides is 1. The van der Waals surface area contributed by atoms with E-state index in [9.17, 15) is 4.79 Å². The van der Waals surface area contributed by atoms with Crippen molar-refractivity contribution in [1.29, 1.82) is 0 Å².